The van der Waals surface area contributed by atoms with E-state index in [0.717, 1.165) is 22.3 Å². The summed E-state index contributed by atoms with van der Waals surface area (Å²) in [7, 11) is -2.33. The SMILES string of the molecule is CC(C)c1ccccc1-c1nc(NS(=O)(=O)c2cnn(C)c2)nc(Oc2ccccc2C(C)(C)C)c1C(C)C. The number of para-hydroxylation sites is 1. The van der Waals surface area contributed by atoms with E-state index in [0.29, 0.717) is 17.3 Å². The largest absolute Gasteiger partial charge is 0.438 e. The number of hydrogen-bond donors (Lipinski definition) is 1. The van der Waals surface area contributed by atoms with E-state index in [9.17, 15) is 8.42 Å². The maximum atomic E-state index is 13.2. The van der Waals surface area contributed by atoms with E-state index in [2.05, 4.69) is 69.3 Å². The van der Waals surface area contributed by atoms with Crippen molar-refractivity contribution in [3.8, 4) is 22.9 Å². The fourth-order valence-electron chi connectivity index (χ4n) is 4.51. The molecule has 0 fully saturated rings. The number of sulfonamides is 1. The number of rotatable bonds is 8. The first kappa shape index (κ1) is 28.3. The van der Waals surface area contributed by atoms with Crippen molar-refractivity contribution in [2.45, 2.75) is 70.6 Å². The van der Waals surface area contributed by atoms with Crippen LogP contribution < -0.4 is 9.46 Å². The molecule has 0 saturated carbocycles. The predicted molar refractivity (Wildman–Crippen MR) is 155 cm³/mol. The van der Waals surface area contributed by atoms with Gasteiger partial charge in [-0.2, -0.15) is 10.1 Å². The summed E-state index contributed by atoms with van der Waals surface area (Å²) in [5, 5.41) is 4.00. The minimum atomic E-state index is -3.99. The molecule has 0 aliphatic rings. The zero-order chi connectivity index (χ0) is 28.5. The van der Waals surface area contributed by atoms with E-state index in [-0.39, 0.29) is 28.1 Å². The molecule has 0 unspecified atom stereocenters. The lowest BCUT2D eigenvalue weighted by atomic mass is 9.86. The molecule has 1 N–H and O–H groups in total. The Kier molecular flexibility index (Phi) is 7.84. The second-order valence-corrected chi connectivity index (χ2v) is 13.0. The summed E-state index contributed by atoms with van der Waals surface area (Å²) in [6.45, 7) is 14.7. The standard InChI is InChI=1S/C30H37N5O3S/c1-19(2)22-13-9-10-14-23(22)27-26(20(3)4)28(38-25-16-12-11-15-24(25)30(5,6)7)33-29(32-27)34-39(36,37)21-17-31-35(8)18-21/h9-20H,1-8H3,(H,32,33,34). The second kappa shape index (κ2) is 10.8. The fraction of sp³-hybridized carbons (Fsp3) is 0.367. The van der Waals surface area contributed by atoms with E-state index in [1.54, 1.807) is 7.05 Å². The second-order valence-electron chi connectivity index (χ2n) is 11.3. The van der Waals surface area contributed by atoms with E-state index in [4.69, 9.17) is 9.72 Å². The molecule has 0 amide bonds. The van der Waals surface area contributed by atoms with Gasteiger partial charge in [-0.3, -0.25) is 4.68 Å². The molecular formula is C30H37N5O3S. The zero-order valence-electron chi connectivity index (χ0n) is 23.9. The van der Waals surface area contributed by atoms with Gasteiger partial charge in [0.2, 0.25) is 11.8 Å². The average molecular weight is 548 g/mol. The third-order valence-corrected chi connectivity index (χ3v) is 7.73. The Labute approximate surface area is 231 Å². The molecule has 2 aromatic heterocycles. The van der Waals surface area contributed by atoms with Crippen molar-refractivity contribution in [1.29, 1.82) is 0 Å². The van der Waals surface area contributed by atoms with E-state index in [1.807, 2.05) is 42.5 Å². The summed E-state index contributed by atoms with van der Waals surface area (Å²) < 4.78 is 37.0. The Bertz CT molecular complexity index is 1580. The van der Waals surface area contributed by atoms with Crippen LogP contribution in [0.5, 0.6) is 11.6 Å². The summed E-state index contributed by atoms with van der Waals surface area (Å²) in [6.07, 6.45) is 2.72. The van der Waals surface area contributed by atoms with Gasteiger partial charge in [-0.15, -0.1) is 0 Å². The lowest BCUT2D eigenvalue weighted by Crippen LogP contribution is -2.17. The molecule has 4 rings (SSSR count). The van der Waals surface area contributed by atoms with Gasteiger partial charge in [0.15, 0.2) is 0 Å². The van der Waals surface area contributed by atoms with Gasteiger partial charge >= 0.3 is 0 Å². The number of benzene rings is 2. The minimum absolute atomic E-state index is 0.0130. The zero-order valence-corrected chi connectivity index (χ0v) is 24.7. The first-order valence-corrected chi connectivity index (χ1v) is 14.6. The van der Waals surface area contributed by atoms with Gasteiger partial charge in [-0.1, -0.05) is 90.9 Å². The van der Waals surface area contributed by atoms with Gasteiger partial charge in [-0.25, -0.2) is 18.1 Å². The highest BCUT2D eigenvalue weighted by atomic mass is 32.2. The van der Waals surface area contributed by atoms with Gasteiger partial charge in [0.05, 0.1) is 11.9 Å². The molecule has 2 heterocycles. The first-order chi connectivity index (χ1) is 18.3. The van der Waals surface area contributed by atoms with E-state index < -0.39 is 10.0 Å². The number of aryl methyl sites for hydroxylation is 1. The van der Waals surface area contributed by atoms with Gasteiger partial charge in [0.25, 0.3) is 10.0 Å². The van der Waals surface area contributed by atoms with Crippen molar-refractivity contribution in [3.05, 3.63) is 77.6 Å². The van der Waals surface area contributed by atoms with Crippen molar-refractivity contribution in [1.82, 2.24) is 19.7 Å². The Balaban J connectivity index is 1.97. The summed E-state index contributed by atoms with van der Waals surface area (Å²) >= 11 is 0. The van der Waals surface area contributed by atoms with Crippen LogP contribution in [0, 0.1) is 0 Å². The molecule has 0 radical (unpaired) electrons. The molecule has 9 heteroatoms. The fourth-order valence-corrected chi connectivity index (χ4v) is 5.44. The smallest absolute Gasteiger partial charge is 0.267 e. The highest BCUT2D eigenvalue weighted by Gasteiger charge is 2.27. The number of anilines is 1. The van der Waals surface area contributed by atoms with Crippen LogP contribution in [-0.2, 0) is 22.5 Å². The number of ether oxygens (including phenoxy) is 1. The number of aromatic nitrogens is 4. The van der Waals surface area contributed by atoms with Crippen molar-refractivity contribution < 1.29 is 13.2 Å². The molecule has 0 atom stereocenters. The third kappa shape index (κ3) is 6.14. The van der Waals surface area contributed by atoms with Crippen molar-refractivity contribution in [2.75, 3.05) is 4.72 Å². The van der Waals surface area contributed by atoms with Crippen molar-refractivity contribution in [3.63, 3.8) is 0 Å². The van der Waals surface area contributed by atoms with Crippen LogP contribution in [0.4, 0.5) is 5.95 Å². The van der Waals surface area contributed by atoms with Crippen LogP contribution in [0.3, 0.4) is 0 Å². The molecular weight excluding hydrogens is 510 g/mol. The van der Waals surface area contributed by atoms with Crippen LogP contribution in [0.1, 0.15) is 77.0 Å². The maximum absolute atomic E-state index is 13.2. The Morgan fingerprint density at radius 2 is 1.59 bits per heavy atom. The average Bonchev–Trinajstić information content (AvgIpc) is 3.30. The van der Waals surface area contributed by atoms with Crippen LogP contribution in [0.25, 0.3) is 11.3 Å². The van der Waals surface area contributed by atoms with Crippen LogP contribution in [0.2, 0.25) is 0 Å². The highest BCUT2D eigenvalue weighted by Crippen LogP contribution is 2.41. The van der Waals surface area contributed by atoms with Crippen LogP contribution >= 0.6 is 0 Å². The molecule has 206 valence electrons. The molecule has 0 saturated heterocycles. The molecule has 8 nitrogen and oxygen atoms in total. The van der Waals surface area contributed by atoms with Gasteiger partial charge in [0, 0.05) is 29.9 Å². The molecule has 0 aliphatic heterocycles. The lowest BCUT2D eigenvalue weighted by Gasteiger charge is -2.24. The molecule has 0 aliphatic carbocycles. The molecule has 0 bridgehead atoms. The van der Waals surface area contributed by atoms with Gasteiger partial charge in [-0.05, 0) is 28.9 Å². The first-order valence-electron chi connectivity index (χ1n) is 13.1. The Hall–Kier alpha value is -3.72. The minimum Gasteiger partial charge on any atom is -0.438 e. The summed E-state index contributed by atoms with van der Waals surface area (Å²) in [4.78, 5) is 9.45. The highest BCUT2D eigenvalue weighted by molar-refractivity contribution is 7.92. The summed E-state index contributed by atoms with van der Waals surface area (Å²) in [5.41, 5.74) is 4.28. The quantitative estimate of drug-likeness (QED) is 0.255. The van der Waals surface area contributed by atoms with Crippen LogP contribution in [0.15, 0.2) is 65.8 Å². The number of nitrogens with one attached hydrogen (secondary N) is 1. The number of hydrogen-bond acceptors (Lipinski definition) is 6. The monoisotopic (exact) mass is 547 g/mol. The van der Waals surface area contributed by atoms with Crippen molar-refractivity contribution >= 4 is 16.0 Å². The van der Waals surface area contributed by atoms with E-state index >= 15 is 0 Å². The topological polar surface area (TPSA) is 99.0 Å². The molecule has 4 aromatic rings. The Morgan fingerprint density at radius 1 is 0.923 bits per heavy atom. The third-order valence-electron chi connectivity index (χ3n) is 6.44. The lowest BCUT2D eigenvalue weighted by molar-refractivity contribution is 0.432. The van der Waals surface area contributed by atoms with Crippen LogP contribution in [-0.4, -0.2) is 28.2 Å². The normalized spacial score (nSPS) is 12.3. The summed E-state index contributed by atoms with van der Waals surface area (Å²) in [6, 6.07) is 15.9. The van der Waals surface area contributed by atoms with Gasteiger partial charge < -0.3 is 4.74 Å². The summed E-state index contributed by atoms with van der Waals surface area (Å²) in [5.74, 6) is 1.11. The molecule has 0 spiro atoms. The Morgan fingerprint density at radius 3 is 2.21 bits per heavy atom. The molecule has 39 heavy (non-hydrogen) atoms. The van der Waals surface area contributed by atoms with E-state index in [1.165, 1.54) is 17.1 Å². The maximum Gasteiger partial charge on any atom is 0.267 e. The van der Waals surface area contributed by atoms with Gasteiger partial charge in [0.1, 0.15) is 10.6 Å². The predicted octanol–water partition coefficient (Wildman–Crippen LogP) is 7.01. The molecule has 2 aromatic carbocycles. The number of nitrogens with zero attached hydrogens (tertiary/aromatic N) is 4. The van der Waals surface area contributed by atoms with Crippen molar-refractivity contribution in [2.24, 2.45) is 7.05 Å².